The molecule has 2 N–H and O–H groups in total. The lowest BCUT2D eigenvalue weighted by Gasteiger charge is -2.07. The summed E-state index contributed by atoms with van der Waals surface area (Å²) >= 11 is 0. The maximum atomic E-state index is 12.5. The molecule has 0 aliphatic carbocycles. The number of rotatable bonds is 1. The Morgan fingerprint density at radius 3 is 2.67 bits per heavy atom. The molecule has 1 aromatic heterocycles. The van der Waals surface area contributed by atoms with Crippen LogP contribution in [0, 0.1) is 0 Å². The Morgan fingerprint density at radius 2 is 1.95 bits per heavy atom. The van der Waals surface area contributed by atoms with Gasteiger partial charge in [-0.05, 0) is 24.3 Å². The van der Waals surface area contributed by atoms with Crippen LogP contribution < -0.4 is 10.2 Å². The molecule has 0 spiro atoms. The van der Waals surface area contributed by atoms with Crippen molar-refractivity contribution >= 4 is 27.9 Å². The predicted octanol–water partition coefficient (Wildman–Crippen LogP) is 2.28. The van der Waals surface area contributed by atoms with Crippen molar-refractivity contribution in [3.05, 3.63) is 40.6 Å². The Balaban J connectivity index is 2.48. The molecule has 0 fully saturated rings. The number of benzene rings is 2. The molecular weight excluding hydrogens is 276 g/mol. The van der Waals surface area contributed by atoms with Crippen LogP contribution in [0.4, 0.5) is 0 Å². The molecule has 2 aromatic carbocycles. The van der Waals surface area contributed by atoms with Crippen LogP contribution in [0.5, 0.6) is 17.2 Å². The van der Waals surface area contributed by atoms with E-state index in [2.05, 4.69) is 0 Å². The van der Waals surface area contributed by atoms with Crippen molar-refractivity contribution in [2.75, 3.05) is 0 Å². The molecule has 0 atom stereocenters. The van der Waals surface area contributed by atoms with Gasteiger partial charge in [-0.3, -0.25) is 9.59 Å². The molecule has 0 aliphatic heterocycles. The van der Waals surface area contributed by atoms with Crippen molar-refractivity contribution in [1.82, 2.24) is 0 Å². The van der Waals surface area contributed by atoms with Gasteiger partial charge in [0.1, 0.15) is 16.7 Å². The van der Waals surface area contributed by atoms with Crippen LogP contribution in [0.15, 0.2) is 39.5 Å². The van der Waals surface area contributed by atoms with Crippen LogP contribution in [0.3, 0.4) is 0 Å². The highest BCUT2D eigenvalue weighted by molar-refractivity contribution is 5.96. The molecule has 6 nitrogen and oxygen atoms in total. The third-order valence-electron chi connectivity index (χ3n) is 3.04. The Labute approximate surface area is 117 Å². The van der Waals surface area contributed by atoms with Crippen molar-refractivity contribution in [1.29, 1.82) is 0 Å². The Morgan fingerprint density at radius 1 is 1.19 bits per heavy atom. The first-order chi connectivity index (χ1) is 9.99. The van der Waals surface area contributed by atoms with Gasteiger partial charge >= 0.3 is 5.97 Å². The van der Waals surface area contributed by atoms with Gasteiger partial charge in [-0.2, -0.15) is 0 Å². The third kappa shape index (κ3) is 1.97. The standard InChI is InChI=1S/C15H10O6/c1-7(16)20-10-3-2-4-11-12(10)13(18)8-5-6-9(17)14(19)15(8)21-11/h2-6,17,19H,1H3. The summed E-state index contributed by atoms with van der Waals surface area (Å²) in [6, 6.07) is 7.06. The molecule has 0 saturated heterocycles. The molecule has 3 rings (SSSR count). The highest BCUT2D eigenvalue weighted by Crippen LogP contribution is 2.35. The second-order valence-corrected chi connectivity index (χ2v) is 4.46. The van der Waals surface area contributed by atoms with E-state index in [1.807, 2.05) is 0 Å². The van der Waals surface area contributed by atoms with E-state index in [0.29, 0.717) is 0 Å². The summed E-state index contributed by atoms with van der Waals surface area (Å²) in [6.45, 7) is 1.23. The first-order valence-electron chi connectivity index (χ1n) is 6.08. The molecule has 0 saturated carbocycles. The van der Waals surface area contributed by atoms with Gasteiger partial charge in [-0.1, -0.05) is 6.07 Å². The number of hydrogen-bond donors (Lipinski definition) is 2. The highest BCUT2D eigenvalue weighted by atomic mass is 16.5. The largest absolute Gasteiger partial charge is 0.504 e. The minimum absolute atomic E-state index is 0.0809. The monoisotopic (exact) mass is 286 g/mol. The number of ether oxygens (including phenoxy) is 1. The zero-order chi connectivity index (χ0) is 15.1. The van der Waals surface area contributed by atoms with Crippen LogP contribution >= 0.6 is 0 Å². The van der Waals surface area contributed by atoms with E-state index in [1.165, 1.54) is 31.2 Å². The number of phenolic OH excluding ortho intramolecular Hbond substituents is 2. The predicted molar refractivity (Wildman–Crippen MR) is 74.6 cm³/mol. The van der Waals surface area contributed by atoms with Crippen LogP contribution in [0.1, 0.15) is 6.92 Å². The fourth-order valence-corrected chi connectivity index (χ4v) is 2.15. The normalized spacial score (nSPS) is 10.9. The molecule has 6 heteroatoms. The summed E-state index contributed by atoms with van der Waals surface area (Å²) in [6.07, 6.45) is 0. The fraction of sp³-hybridized carbons (Fsp3) is 0.0667. The average molecular weight is 286 g/mol. The lowest BCUT2D eigenvalue weighted by molar-refractivity contribution is -0.131. The first kappa shape index (κ1) is 13.0. The lowest BCUT2D eigenvalue weighted by atomic mass is 10.1. The quantitative estimate of drug-likeness (QED) is 0.308. The smallest absolute Gasteiger partial charge is 0.308 e. The van der Waals surface area contributed by atoms with Gasteiger partial charge in [0, 0.05) is 6.92 Å². The summed E-state index contributed by atoms with van der Waals surface area (Å²) in [7, 11) is 0. The molecule has 3 aromatic rings. The van der Waals surface area contributed by atoms with E-state index in [4.69, 9.17) is 9.15 Å². The number of hydrogen-bond acceptors (Lipinski definition) is 6. The molecule has 106 valence electrons. The van der Waals surface area contributed by atoms with Crippen molar-refractivity contribution in [2.24, 2.45) is 0 Å². The second kappa shape index (κ2) is 4.52. The number of carbonyl (C=O) groups is 1. The van der Waals surface area contributed by atoms with Crippen LogP contribution in [0.2, 0.25) is 0 Å². The third-order valence-corrected chi connectivity index (χ3v) is 3.04. The zero-order valence-corrected chi connectivity index (χ0v) is 10.9. The van der Waals surface area contributed by atoms with E-state index in [1.54, 1.807) is 6.07 Å². The number of carbonyl (C=O) groups excluding carboxylic acids is 1. The molecule has 0 amide bonds. The highest BCUT2D eigenvalue weighted by Gasteiger charge is 2.17. The van der Waals surface area contributed by atoms with Crippen LogP contribution in [0.25, 0.3) is 21.9 Å². The summed E-state index contributed by atoms with van der Waals surface area (Å²) in [5.41, 5.74) is -0.432. The Bertz CT molecular complexity index is 938. The van der Waals surface area contributed by atoms with E-state index in [0.717, 1.165) is 0 Å². The van der Waals surface area contributed by atoms with Gasteiger partial charge in [0.2, 0.25) is 11.2 Å². The van der Waals surface area contributed by atoms with Crippen molar-refractivity contribution < 1.29 is 24.2 Å². The van der Waals surface area contributed by atoms with Gasteiger partial charge in [0.05, 0.1) is 5.39 Å². The summed E-state index contributed by atoms with van der Waals surface area (Å²) in [5.74, 6) is -1.37. The van der Waals surface area contributed by atoms with E-state index in [9.17, 15) is 19.8 Å². The minimum Gasteiger partial charge on any atom is -0.504 e. The summed E-state index contributed by atoms with van der Waals surface area (Å²) < 4.78 is 10.5. The van der Waals surface area contributed by atoms with Gasteiger partial charge in [0.15, 0.2) is 11.3 Å². The maximum Gasteiger partial charge on any atom is 0.308 e. The molecule has 0 unspecified atom stereocenters. The SMILES string of the molecule is CC(=O)Oc1cccc2oc3c(O)c(O)ccc3c(=O)c12. The molecule has 0 aliphatic rings. The molecule has 0 bridgehead atoms. The number of esters is 1. The summed E-state index contributed by atoms with van der Waals surface area (Å²) in [4.78, 5) is 23.6. The zero-order valence-electron chi connectivity index (χ0n) is 10.9. The summed E-state index contributed by atoms with van der Waals surface area (Å²) in [5, 5.41) is 19.4. The van der Waals surface area contributed by atoms with Gasteiger partial charge in [-0.25, -0.2) is 0 Å². The van der Waals surface area contributed by atoms with Crippen molar-refractivity contribution in [3.63, 3.8) is 0 Å². The van der Waals surface area contributed by atoms with E-state index < -0.39 is 17.1 Å². The van der Waals surface area contributed by atoms with Gasteiger partial charge < -0.3 is 19.4 Å². The fourth-order valence-electron chi connectivity index (χ4n) is 2.15. The van der Waals surface area contributed by atoms with Gasteiger partial charge in [0.25, 0.3) is 0 Å². The lowest BCUT2D eigenvalue weighted by Crippen LogP contribution is -2.08. The topological polar surface area (TPSA) is 97.0 Å². The Kier molecular flexibility index (Phi) is 2.79. The number of phenols is 2. The van der Waals surface area contributed by atoms with Crippen LogP contribution in [-0.4, -0.2) is 16.2 Å². The molecular formula is C15H10O6. The molecule has 21 heavy (non-hydrogen) atoms. The number of aromatic hydroxyl groups is 2. The first-order valence-corrected chi connectivity index (χ1v) is 6.08. The van der Waals surface area contributed by atoms with E-state index in [-0.39, 0.29) is 33.4 Å². The van der Waals surface area contributed by atoms with Crippen molar-refractivity contribution in [3.8, 4) is 17.2 Å². The second-order valence-electron chi connectivity index (χ2n) is 4.46. The maximum absolute atomic E-state index is 12.5. The molecule has 1 heterocycles. The van der Waals surface area contributed by atoms with Crippen LogP contribution in [-0.2, 0) is 4.79 Å². The minimum atomic E-state index is -0.560. The number of fused-ring (bicyclic) bond motifs is 2. The Hall–Kier alpha value is -3.02. The average Bonchev–Trinajstić information content (AvgIpc) is 2.43. The van der Waals surface area contributed by atoms with E-state index >= 15 is 0 Å². The van der Waals surface area contributed by atoms with Gasteiger partial charge in [-0.15, -0.1) is 0 Å². The molecule has 0 radical (unpaired) electrons. The van der Waals surface area contributed by atoms with Crippen molar-refractivity contribution in [2.45, 2.75) is 6.92 Å².